The number of carboxylic acids is 1. The largest absolute Gasteiger partial charge is 0.481 e. The topological polar surface area (TPSA) is 77.9 Å². The molecule has 0 heterocycles. The molecule has 0 aliphatic heterocycles. The van der Waals surface area contributed by atoms with Crippen molar-refractivity contribution in [1.29, 1.82) is 0 Å². The number of carbonyl (C=O) groups is 1. The van der Waals surface area contributed by atoms with Gasteiger partial charge in [0.05, 0.1) is 12.1 Å². The highest BCUT2D eigenvalue weighted by Crippen LogP contribution is 2.21. The predicted octanol–water partition coefficient (Wildman–Crippen LogP) is 1.39. The molecule has 0 saturated carbocycles. The third-order valence-corrected chi connectivity index (χ3v) is 4.82. The quantitative estimate of drug-likeness (QED) is 0.861. The molecule has 0 aliphatic rings. The van der Waals surface area contributed by atoms with Crippen LogP contribution in [-0.4, -0.2) is 44.4 Å². The summed E-state index contributed by atoms with van der Waals surface area (Å²) in [5.74, 6) is -1.03. The van der Waals surface area contributed by atoms with Gasteiger partial charge in [-0.1, -0.05) is 6.07 Å². The van der Waals surface area contributed by atoms with E-state index >= 15 is 0 Å². The minimum Gasteiger partial charge on any atom is -0.481 e. The van der Waals surface area contributed by atoms with E-state index in [9.17, 15) is 13.2 Å². The van der Waals surface area contributed by atoms with Crippen LogP contribution >= 0.6 is 0 Å². The van der Waals surface area contributed by atoms with Gasteiger partial charge in [0.2, 0.25) is 0 Å². The standard InChI is InChI=1S/C13H20N2O4S/c1-10-7-11(2)9-12(8-10)15(4)20(18,19)14(3)6-5-13(16)17/h7-9H,5-6H2,1-4H3,(H,16,17). The number of rotatable bonds is 6. The summed E-state index contributed by atoms with van der Waals surface area (Å²) < 4.78 is 26.9. The number of nitrogens with zero attached hydrogens (tertiary/aromatic N) is 2. The van der Waals surface area contributed by atoms with Crippen LogP contribution < -0.4 is 4.31 Å². The first kappa shape index (κ1) is 16.5. The first-order chi connectivity index (χ1) is 9.14. The van der Waals surface area contributed by atoms with Gasteiger partial charge in [0.15, 0.2) is 0 Å². The summed E-state index contributed by atoms with van der Waals surface area (Å²) in [6.07, 6.45) is -0.226. The Morgan fingerprint density at radius 2 is 1.65 bits per heavy atom. The van der Waals surface area contributed by atoms with Crippen molar-refractivity contribution in [2.45, 2.75) is 20.3 Å². The van der Waals surface area contributed by atoms with Crippen molar-refractivity contribution in [2.24, 2.45) is 0 Å². The fraction of sp³-hybridized carbons (Fsp3) is 0.462. The molecule has 0 radical (unpaired) electrons. The molecule has 0 saturated heterocycles. The van der Waals surface area contributed by atoms with Gasteiger partial charge in [-0.25, -0.2) is 0 Å². The molecule has 6 nitrogen and oxygen atoms in total. The summed E-state index contributed by atoms with van der Waals surface area (Å²) in [7, 11) is -0.886. The molecule has 0 spiro atoms. The van der Waals surface area contributed by atoms with E-state index in [-0.39, 0.29) is 13.0 Å². The van der Waals surface area contributed by atoms with Crippen molar-refractivity contribution in [1.82, 2.24) is 4.31 Å². The summed E-state index contributed by atoms with van der Waals surface area (Å²) in [5, 5.41) is 8.62. The number of benzene rings is 1. The smallest absolute Gasteiger partial charge is 0.304 e. The Morgan fingerprint density at radius 3 is 2.10 bits per heavy atom. The van der Waals surface area contributed by atoms with Gasteiger partial charge >= 0.3 is 16.2 Å². The predicted molar refractivity (Wildman–Crippen MR) is 78.1 cm³/mol. The highest BCUT2D eigenvalue weighted by atomic mass is 32.2. The average Bonchev–Trinajstić information content (AvgIpc) is 2.33. The normalized spacial score (nSPS) is 11.7. The van der Waals surface area contributed by atoms with Crippen molar-refractivity contribution >= 4 is 21.9 Å². The number of anilines is 1. The maximum atomic E-state index is 12.3. The van der Waals surface area contributed by atoms with Gasteiger partial charge in [0.25, 0.3) is 0 Å². The third kappa shape index (κ3) is 3.94. The van der Waals surface area contributed by atoms with Crippen molar-refractivity contribution < 1.29 is 18.3 Å². The molecule has 112 valence electrons. The molecule has 7 heteroatoms. The van der Waals surface area contributed by atoms with Crippen molar-refractivity contribution in [3.8, 4) is 0 Å². The summed E-state index contributed by atoms with van der Waals surface area (Å²) in [5.41, 5.74) is 2.50. The lowest BCUT2D eigenvalue weighted by atomic mass is 10.1. The van der Waals surface area contributed by atoms with Crippen LogP contribution in [0.25, 0.3) is 0 Å². The summed E-state index contributed by atoms with van der Waals surface area (Å²) in [6, 6.07) is 5.50. The number of aliphatic carboxylic acids is 1. The molecule has 1 N–H and O–H groups in total. The van der Waals surface area contributed by atoms with Crippen molar-refractivity contribution in [3.05, 3.63) is 29.3 Å². The van der Waals surface area contributed by atoms with E-state index in [1.165, 1.54) is 14.1 Å². The second-order valence-electron chi connectivity index (χ2n) is 4.79. The zero-order valence-corrected chi connectivity index (χ0v) is 12.9. The van der Waals surface area contributed by atoms with Gasteiger partial charge in [-0.05, 0) is 37.1 Å². The Balaban J connectivity index is 2.99. The molecule has 20 heavy (non-hydrogen) atoms. The fourth-order valence-corrected chi connectivity index (χ4v) is 2.96. The Labute approximate surface area is 119 Å². The van der Waals surface area contributed by atoms with Crippen LogP contribution in [0.2, 0.25) is 0 Å². The lowest BCUT2D eigenvalue weighted by Crippen LogP contribution is -2.40. The van der Waals surface area contributed by atoms with Gasteiger partial charge < -0.3 is 5.11 Å². The molecule has 0 amide bonds. The number of aryl methyl sites for hydroxylation is 2. The van der Waals surface area contributed by atoms with Gasteiger partial charge in [-0.3, -0.25) is 9.10 Å². The Kier molecular flexibility index (Phi) is 5.13. The first-order valence-corrected chi connectivity index (χ1v) is 7.54. The molecular weight excluding hydrogens is 280 g/mol. The zero-order chi connectivity index (χ0) is 15.5. The van der Waals surface area contributed by atoms with Crippen LogP contribution in [0.15, 0.2) is 18.2 Å². The zero-order valence-electron chi connectivity index (χ0n) is 12.1. The summed E-state index contributed by atoms with van der Waals surface area (Å²) >= 11 is 0. The molecule has 1 aromatic carbocycles. The molecular formula is C13H20N2O4S. The second-order valence-corrected chi connectivity index (χ2v) is 6.85. The fourth-order valence-electron chi connectivity index (χ4n) is 1.84. The highest BCUT2D eigenvalue weighted by molar-refractivity contribution is 7.90. The van der Waals surface area contributed by atoms with E-state index in [1.807, 2.05) is 19.9 Å². The average molecular weight is 300 g/mol. The van der Waals surface area contributed by atoms with Crippen LogP contribution in [0.1, 0.15) is 17.5 Å². The van der Waals surface area contributed by atoms with E-state index in [1.54, 1.807) is 12.1 Å². The second kappa shape index (κ2) is 6.23. The van der Waals surface area contributed by atoms with E-state index in [4.69, 9.17) is 5.11 Å². The number of carboxylic acid groups (broad SMARTS) is 1. The van der Waals surface area contributed by atoms with Crippen LogP contribution in [0, 0.1) is 13.8 Å². The van der Waals surface area contributed by atoms with Crippen LogP contribution in [0.3, 0.4) is 0 Å². The SMILES string of the molecule is Cc1cc(C)cc(N(C)S(=O)(=O)N(C)CCC(=O)O)c1. The van der Waals surface area contributed by atoms with E-state index in [0.29, 0.717) is 5.69 Å². The van der Waals surface area contributed by atoms with Gasteiger partial charge in [-0.15, -0.1) is 0 Å². The molecule has 0 atom stereocenters. The lowest BCUT2D eigenvalue weighted by Gasteiger charge is -2.26. The molecule has 0 unspecified atom stereocenters. The summed E-state index contributed by atoms with van der Waals surface area (Å²) in [6.45, 7) is 3.73. The van der Waals surface area contributed by atoms with Crippen molar-refractivity contribution in [2.75, 3.05) is 24.9 Å². The molecule has 1 aromatic rings. The Bertz CT molecular complexity index is 578. The first-order valence-electron chi connectivity index (χ1n) is 6.15. The highest BCUT2D eigenvalue weighted by Gasteiger charge is 2.24. The molecule has 0 bridgehead atoms. The third-order valence-electron chi connectivity index (χ3n) is 2.95. The number of hydrogen-bond donors (Lipinski definition) is 1. The van der Waals surface area contributed by atoms with E-state index in [0.717, 1.165) is 19.7 Å². The Morgan fingerprint density at radius 1 is 1.15 bits per heavy atom. The van der Waals surface area contributed by atoms with Gasteiger partial charge in [-0.2, -0.15) is 12.7 Å². The van der Waals surface area contributed by atoms with Crippen LogP contribution in [-0.2, 0) is 15.0 Å². The minimum atomic E-state index is -3.72. The molecule has 0 aromatic heterocycles. The molecule has 1 rings (SSSR count). The van der Waals surface area contributed by atoms with Crippen molar-refractivity contribution in [3.63, 3.8) is 0 Å². The molecule has 0 fully saturated rings. The maximum Gasteiger partial charge on any atom is 0.304 e. The van der Waals surface area contributed by atoms with Crippen LogP contribution in [0.4, 0.5) is 5.69 Å². The van der Waals surface area contributed by atoms with E-state index < -0.39 is 16.2 Å². The van der Waals surface area contributed by atoms with Gasteiger partial charge in [0, 0.05) is 20.6 Å². The van der Waals surface area contributed by atoms with Crippen LogP contribution in [0.5, 0.6) is 0 Å². The lowest BCUT2D eigenvalue weighted by molar-refractivity contribution is -0.137. The minimum absolute atomic E-state index is 0.0627. The monoisotopic (exact) mass is 300 g/mol. The summed E-state index contributed by atoms with van der Waals surface area (Å²) in [4.78, 5) is 10.5. The van der Waals surface area contributed by atoms with Gasteiger partial charge in [0.1, 0.15) is 0 Å². The maximum absolute atomic E-state index is 12.3. The Hall–Kier alpha value is -1.60. The molecule has 0 aliphatic carbocycles. The number of hydrogen-bond acceptors (Lipinski definition) is 3. The van der Waals surface area contributed by atoms with E-state index in [2.05, 4.69) is 0 Å².